The van der Waals surface area contributed by atoms with E-state index in [2.05, 4.69) is 32.2 Å². The molecule has 2 rings (SSSR count). The molecule has 0 aliphatic heterocycles. The molecule has 2 N–H and O–H groups in total. The van der Waals surface area contributed by atoms with Gasteiger partial charge in [-0.15, -0.1) is 0 Å². The number of aliphatic hydroxyl groups is 1. The Morgan fingerprint density at radius 1 is 1.30 bits per heavy atom. The number of likely N-dealkylation sites (N-methyl/N-ethyl adjacent to an activating group) is 1. The fourth-order valence-corrected chi connectivity index (χ4v) is 3.38. The molecule has 1 aromatic rings. The molecule has 1 aliphatic rings. The normalized spacial score (nSPS) is 21.7. The number of carbonyl (C=O) groups is 1. The van der Waals surface area contributed by atoms with Crippen LogP contribution in [0.1, 0.15) is 45.6 Å². The first-order chi connectivity index (χ1) is 10.8. The summed E-state index contributed by atoms with van der Waals surface area (Å²) in [6.45, 7) is 7.56. The molecule has 1 fully saturated rings. The van der Waals surface area contributed by atoms with Crippen LogP contribution in [-0.2, 0) is 10.2 Å². The number of rotatable bonds is 5. The van der Waals surface area contributed by atoms with E-state index in [9.17, 15) is 9.90 Å². The Morgan fingerprint density at radius 2 is 2.00 bits per heavy atom. The van der Waals surface area contributed by atoms with Crippen molar-refractivity contribution >= 4 is 11.6 Å². The van der Waals surface area contributed by atoms with Crippen molar-refractivity contribution < 1.29 is 9.90 Å². The summed E-state index contributed by atoms with van der Waals surface area (Å²) in [5.74, 6) is 0.298. The maximum absolute atomic E-state index is 12.3. The highest BCUT2D eigenvalue weighted by molar-refractivity contribution is 5.93. The first-order valence-electron chi connectivity index (χ1n) is 8.53. The minimum absolute atomic E-state index is 0.00307. The van der Waals surface area contributed by atoms with E-state index in [1.807, 2.05) is 30.1 Å². The Labute approximate surface area is 139 Å². The smallest absolute Gasteiger partial charge is 0.238 e. The quantitative estimate of drug-likeness (QED) is 0.877. The van der Waals surface area contributed by atoms with Crippen molar-refractivity contribution in [3.8, 4) is 0 Å². The van der Waals surface area contributed by atoms with Crippen LogP contribution >= 0.6 is 0 Å². The van der Waals surface area contributed by atoms with E-state index in [4.69, 9.17) is 0 Å². The standard InChI is InChI=1S/C19H30N2O2/c1-19(2,3)15-9-5-6-10-16(15)20-18(23)13-21(4)12-14-8-7-11-17(14)22/h5-6,9-10,14,17,22H,7-8,11-13H2,1-4H3,(H,20,23). The average molecular weight is 318 g/mol. The lowest BCUT2D eigenvalue weighted by molar-refractivity contribution is -0.117. The Bertz CT molecular complexity index is 536. The predicted octanol–water partition coefficient (Wildman–Crippen LogP) is 3.02. The van der Waals surface area contributed by atoms with Crippen LogP contribution in [0.4, 0.5) is 5.69 Å². The highest BCUT2D eigenvalue weighted by atomic mass is 16.3. The summed E-state index contributed by atoms with van der Waals surface area (Å²) in [7, 11) is 1.94. The van der Waals surface area contributed by atoms with Gasteiger partial charge in [-0.25, -0.2) is 0 Å². The van der Waals surface area contributed by atoms with Crippen molar-refractivity contribution in [3.05, 3.63) is 29.8 Å². The molecule has 4 heteroatoms. The number of hydrogen-bond donors (Lipinski definition) is 2. The summed E-state index contributed by atoms with van der Waals surface area (Å²) < 4.78 is 0. The molecule has 0 heterocycles. The summed E-state index contributed by atoms with van der Waals surface area (Å²) in [6.07, 6.45) is 2.83. The molecule has 0 saturated heterocycles. The number of anilines is 1. The molecule has 128 valence electrons. The molecule has 1 aliphatic carbocycles. The van der Waals surface area contributed by atoms with Gasteiger partial charge in [0, 0.05) is 12.2 Å². The molecule has 1 amide bonds. The van der Waals surface area contributed by atoms with E-state index in [-0.39, 0.29) is 17.4 Å². The minimum Gasteiger partial charge on any atom is -0.393 e. The summed E-state index contributed by atoms with van der Waals surface area (Å²) in [4.78, 5) is 14.4. The molecule has 1 saturated carbocycles. The molecule has 2 atom stereocenters. The van der Waals surface area contributed by atoms with Gasteiger partial charge < -0.3 is 10.4 Å². The van der Waals surface area contributed by atoms with Crippen molar-refractivity contribution in [2.24, 2.45) is 5.92 Å². The van der Waals surface area contributed by atoms with Gasteiger partial charge in [-0.1, -0.05) is 45.4 Å². The van der Waals surface area contributed by atoms with Crippen LogP contribution < -0.4 is 5.32 Å². The van der Waals surface area contributed by atoms with Gasteiger partial charge >= 0.3 is 0 Å². The predicted molar refractivity (Wildman–Crippen MR) is 94.6 cm³/mol. The zero-order valence-electron chi connectivity index (χ0n) is 14.8. The van der Waals surface area contributed by atoms with Gasteiger partial charge in [-0.3, -0.25) is 9.69 Å². The van der Waals surface area contributed by atoms with Crippen LogP contribution in [-0.4, -0.2) is 42.2 Å². The molecule has 0 spiro atoms. The summed E-state index contributed by atoms with van der Waals surface area (Å²) in [5, 5.41) is 12.9. The van der Waals surface area contributed by atoms with E-state index >= 15 is 0 Å². The van der Waals surface area contributed by atoms with Crippen LogP contribution in [0.3, 0.4) is 0 Å². The zero-order chi connectivity index (χ0) is 17.0. The molecule has 2 unspecified atom stereocenters. The summed E-state index contributed by atoms with van der Waals surface area (Å²) in [5.41, 5.74) is 2.02. The number of benzene rings is 1. The topological polar surface area (TPSA) is 52.6 Å². The van der Waals surface area contributed by atoms with Crippen molar-refractivity contribution in [2.45, 2.75) is 51.6 Å². The molecule has 0 radical (unpaired) electrons. The maximum Gasteiger partial charge on any atom is 0.238 e. The van der Waals surface area contributed by atoms with Crippen molar-refractivity contribution in [1.82, 2.24) is 4.90 Å². The lowest BCUT2D eigenvalue weighted by Crippen LogP contribution is -2.36. The number of hydrogen-bond acceptors (Lipinski definition) is 3. The van der Waals surface area contributed by atoms with Gasteiger partial charge in [-0.2, -0.15) is 0 Å². The number of amides is 1. The lowest BCUT2D eigenvalue weighted by Gasteiger charge is -2.25. The Kier molecular flexibility index (Phi) is 5.82. The van der Waals surface area contributed by atoms with Gasteiger partial charge in [0.15, 0.2) is 0 Å². The molecular formula is C19H30N2O2. The summed E-state index contributed by atoms with van der Waals surface area (Å²) in [6, 6.07) is 7.97. The van der Waals surface area contributed by atoms with E-state index < -0.39 is 0 Å². The van der Waals surface area contributed by atoms with Crippen LogP contribution in [0.2, 0.25) is 0 Å². The van der Waals surface area contributed by atoms with Gasteiger partial charge in [-0.05, 0) is 42.9 Å². The number of carbonyl (C=O) groups excluding carboxylic acids is 1. The average Bonchev–Trinajstić information content (AvgIpc) is 2.83. The molecular weight excluding hydrogens is 288 g/mol. The molecule has 23 heavy (non-hydrogen) atoms. The first-order valence-corrected chi connectivity index (χ1v) is 8.53. The lowest BCUT2D eigenvalue weighted by atomic mass is 9.86. The van der Waals surface area contributed by atoms with E-state index in [1.54, 1.807) is 0 Å². The fourth-order valence-electron chi connectivity index (χ4n) is 3.38. The maximum atomic E-state index is 12.3. The SMILES string of the molecule is CN(CC(=O)Nc1ccccc1C(C)(C)C)CC1CCCC1O. The van der Waals surface area contributed by atoms with Crippen molar-refractivity contribution in [3.63, 3.8) is 0 Å². The third kappa shape index (κ3) is 5.05. The van der Waals surface area contributed by atoms with Gasteiger partial charge in [0.05, 0.1) is 12.6 Å². The second-order valence-corrected chi connectivity index (χ2v) is 7.80. The second kappa shape index (κ2) is 7.45. The first kappa shape index (κ1) is 18.0. The van der Waals surface area contributed by atoms with Crippen molar-refractivity contribution in [1.29, 1.82) is 0 Å². The highest BCUT2D eigenvalue weighted by Gasteiger charge is 2.26. The third-order valence-corrected chi connectivity index (χ3v) is 4.59. The number of para-hydroxylation sites is 1. The van der Waals surface area contributed by atoms with Crippen LogP contribution in [0, 0.1) is 5.92 Å². The molecule has 4 nitrogen and oxygen atoms in total. The Balaban J connectivity index is 1.92. The van der Waals surface area contributed by atoms with E-state index in [0.717, 1.165) is 37.1 Å². The second-order valence-electron chi connectivity index (χ2n) is 7.80. The molecule has 1 aromatic carbocycles. The minimum atomic E-state index is -0.206. The van der Waals surface area contributed by atoms with Gasteiger partial charge in [0.2, 0.25) is 5.91 Å². The van der Waals surface area contributed by atoms with Crippen LogP contribution in [0.5, 0.6) is 0 Å². The van der Waals surface area contributed by atoms with Gasteiger partial charge in [0.1, 0.15) is 0 Å². The van der Waals surface area contributed by atoms with Crippen molar-refractivity contribution in [2.75, 3.05) is 25.5 Å². The monoisotopic (exact) mass is 318 g/mol. The number of aliphatic hydroxyl groups excluding tert-OH is 1. The fraction of sp³-hybridized carbons (Fsp3) is 0.632. The Morgan fingerprint density at radius 3 is 2.61 bits per heavy atom. The molecule has 0 bridgehead atoms. The summed E-state index contributed by atoms with van der Waals surface area (Å²) >= 11 is 0. The van der Waals surface area contributed by atoms with E-state index in [0.29, 0.717) is 12.5 Å². The van der Waals surface area contributed by atoms with Gasteiger partial charge in [0.25, 0.3) is 0 Å². The number of nitrogens with zero attached hydrogens (tertiary/aromatic N) is 1. The van der Waals surface area contributed by atoms with E-state index in [1.165, 1.54) is 0 Å². The van der Waals surface area contributed by atoms with Crippen LogP contribution in [0.25, 0.3) is 0 Å². The third-order valence-electron chi connectivity index (χ3n) is 4.59. The highest BCUT2D eigenvalue weighted by Crippen LogP contribution is 2.29. The van der Waals surface area contributed by atoms with Crippen LogP contribution in [0.15, 0.2) is 24.3 Å². The largest absolute Gasteiger partial charge is 0.393 e. The molecule has 0 aromatic heterocycles. The number of nitrogens with one attached hydrogen (secondary N) is 1. The Hall–Kier alpha value is -1.39. The zero-order valence-corrected chi connectivity index (χ0v) is 14.8.